The number of hydrogen-bond donors (Lipinski definition) is 2. The van der Waals surface area contributed by atoms with Crippen LogP contribution in [0, 0.1) is 0 Å². The van der Waals surface area contributed by atoms with Gasteiger partial charge in [-0.25, -0.2) is 4.98 Å². The molecule has 3 N–H and O–H groups in total. The van der Waals surface area contributed by atoms with Crippen LogP contribution in [0.3, 0.4) is 0 Å². The van der Waals surface area contributed by atoms with E-state index in [9.17, 15) is 18.0 Å². The van der Waals surface area contributed by atoms with Gasteiger partial charge in [-0.15, -0.1) is 0 Å². The molecule has 0 aliphatic carbocycles. The molecular weight excluding hydrogens is 393 g/mol. The Morgan fingerprint density at radius 2 is 1.87 bits per heavy atom. The number of imidazole rings is 1. The molecule has 2 aromatic carbocycles. The molecule has 8 heteroatoms. The van der Waals surface area contributed by atoms with Crippen molar-refractivity contribution in [1.29, 1.82) is 0 Å². The van der Waals surface area contributed by atoms with Gasteiger partial charge in [0.05, 0.1) is 17.6 Å². The molecule has 1 amide bonds. The third-order valence-corrected chi connectivity index (χ3v) is 4.80. The molecule has 3 aromatic rings. The summed E-state index contributed by atoms with van der Waals surface area (Å²) in [5.74, 6) is -0.509. The van der Waals surface area contributed by atoms with Crippen LogP contribution >= 0.6 is 0 Å². The monoisotopic (exact) mass is 416 g/mol. The van der Waals surface area contributed by atoms with E-state index in [-0.39, 0.29) is 0 Å². The fourth-order valence-corrected chi connectivity index (χ4v) is 3.38. The molecule has 30 heavy (non-hydrogen) atoms. The zero-order chi connectivity index (χ0) is 21.9. The zero-order valence-electron chi connectivity index (χ0n) is 16.8. The number of aromatic nitrogens is 2. The second-order valence-corrected chi connectivity index (χ2v) is 7.10. The van der Waals surface area contributed by atoms with Gasteiger partial charge in [-0.05, 0) is 41.8 Å². The molecule has 0 aliphatic heterocycles. The van der Waals surface area contributed by atoms with Crippen molar-refractivity contribution in [2.24, 2.45) is 12.8 Å². The van der Waals surface area contributed by atoms with Crippen molar-refractivity contribution in [1.82, 2.24) is 9.55 Å². The minimum absolute atomic E-state index is 0.319. The van der Waals surface area contributed by atoms with E-state index in [2.05, 4.69) is 10.3 Å². The maximum atomic E-state index is 12.8. The Balaban J connectivity index is 1.97. The Morgan fingerprint density at radius 3 is 2.40 bits per heavy atom. The Morgan fingerprint density at radius 1 is 1.17 bits per heavy atom. The number of benzene rings is 2. The van der Waals surface area contributed by atoms with E-state index in [0.29, 0.717) is 29.8 Å². The third kappa shape index (κ3) is 4.64. The van der Waals surface area contributed by atoms with Gasteiger partial charge in [-0.1, -0.05) is 25.5 Å². The van der Waals surface area contributed by atoms with Crippen molar-refractivity contribution in [2.75, 3.05) is 5.32 Å². The molecule has 0 radical (unpaired) electrons. The molecule has 0 aliphatic rings. The lowest BCUT2D eigenvalue weighted by Gasteiger charge is -2.18. The SMILES string of the molecule is CCCc1c(C(N)=O)ccc(NCc2ccc(C(F)(F)F)cc2)c1-c1cn(C)cn1. The maximum absolute atomic E-state index is 12.8. The molecule has 0 unspecified atom stereocenters. The lowest BCUT2D eigenvalue weighted by atomic mass is 9.93. The van der Waals surface area contributed by atoms with Gasteiger partial charge < -0.3 is 15.6 Å². The highest BCUT2D eigenvalue weighted by atomic mass is 19.4. The lowest BCUT2D eigenvalue weighted by Crippen LogP contribution is -2.15. The topological polar surface area (TPSA) is 72.9 Å². The number of carbonyl (C=O) groups excluding carboxylic acids is 1. The number of primary amides is 1. The summed E-state index contributed by atoms with van der Waals surface area (Å²) >= 11 is 0. The standard InChI is InChI=1S/C22H23F3N4O/c1-3-4-16-17(21(26)30)9-10-18(20(16)19-12-29(2)13-28-19)27-11-14-5-7-15(8-6-14)22(23,24)25/h5-10,12-13,27H,3-4,11H2,1-2H3,(H2,26,30). The second-order valence-electron chi connectivity index (χ2n) is 7.10. The van der Waals surface area contributed by atoms with E-state index in [1.165, 1.54) is 12.1 Å². The van der Waals surface area contributed by atoms with Crippen molar-refractivity contribution in [3.8, 4) is 11.3 Å². The summed E-state index contributed by atoms with van der Waals surface area (Å²) in [4.78, 5) is 16.4. The van der Waals surface area contributed by atoms with Crippen LogP contribution in [0.25, 0.3) is 11.3 Å². The fourth-order valence-electron chi connectivity index (χ4n) is 3.38. The van der Waals surface area contributed by atoms with Crippen LogP contribution < -0.4 is 11.1 Å². The number of halogens is 3. The number of nitrogens with zero attached hydrogens (tertiary/aromatic N) is 2. The van der Waals surface area contributed by atoms with Crippen LogP contribution in [0.5, 0.6) is 0 Å². The molecule has 1 heterocycles. The summed E-state index contributed by atoms with van der Waals surface area (Å²) in [6, 6.07) is 8.45. The summed E-state index contributed by atoms with van der Waals surface area (Å²) in [6.45, 7) is 2.33. The maximum Gasteiger partial charge on any atom is 0.416 e. The molecule has 0 spiro atoms. The first-order valence-electron chi connectivity index (χ1n) is 9.54. The van der Waals surface area contributed by atoms with Gasteiger partial charge in [0.1, 0.15) is 0 Å². The molecule has 0 saturated carbocycles. The Bertz CT molecular complexity index is 1040. The van der Waals surface area contributed by atoms with E-state index < -0.39 is 17.6 Å². The first-order valence-corrected chi connectivity index (χ1v) is 9.54. The summed E-state index contributed by atoms with van der Waals surface area (Å²) in [6.07, 6.45) is 0.602. The van der Waals surface area contributed by atoms with Crippen molar-refractivity contribution in [3.05, 3.63) is 71.2 Å². The normalized spacial score (nSPS) is 11.5. The molecule has 1 aromatic heterocycles. The molecule has 5 nitrogen and oxygen atoms in total. The number of nitrogens with one attached hydrogen (secondary N) is 1. The molecule has 0 atom stereocenters. The first kappa shape index (κ1) is 21.4. The van der Waals surface area contributed by atoms with E-state index in [1.807, 2.05) is 24.7 Å². The van der Waals surface area contributed by atoms with Crippen molar-refractivity contribution >= 4 is 11.6 Å². The Labute approximate surface area is 172 Å². The highest BCUT2D eigenvalue weighted by Gasteiger charge is 2.29. The lowest BCUT2D eigenvalue weighted by molar-refractivity contribution is -0.137. The zero-order valence-corrected chi connectivity index (χ0v) is 16.8. The van der Waals surface area contributed by atoms with Gasteiger partial charge >= 0.3 is 6.18 Å². The van der Waals surface area contributed by atoms with Crippen LogP contribution in [-0.2, 0) is 26.2 Å². The van der Waals surface area contributed by atoms with E-state index in [1.54, 1.807) is 18.5 Å². The quantitative estimate of drug-likeness (QED) is 0.583. The minimum atomic E-state index is -4.36. The molecule has 0 bridgehead atoms. The van der Waals surface area contributed by atoms with Crippen molar-refractivity contribution in [2.45, 2.75) is 32.5 Å². The number of hydrogen-bond acceptors (Lipinski definition) is 3. The van der Waals surface area contributed by atoms with E-state index in [4.69, 9.17) is 5.73 Å². The Kier molecular flexibility index (Phi) is 6.14. The van der Waals surface area contributed by atoms with Gasteiger partial charge in [0.25, 0.3) is 0 Å². The van der Waals surface area contributed by atoms with Gasteiger partial charge in [-0.2, -0.15) is 13.2 Å². The van der Waals surface area contributed by atoms with Gasteiger partial charge in [0.15, 0.2) is 0 Å². The van der Waals surface area contributed by atoms with Crippen LogP contribution in [0.2, 0.25) is 0 Å². The number of amides is 1. The summed E-state index contributed by atoms with van der Waals surface area (Å²) in [7, 11) is 1.85. The number of carbonyl (C=O) groups is 1. The summed E-state index contributed by atoms with van der Waals surface area (Å²) in [5.41, 5.74) is 9.06. The molecular formula is C22H23F3N4O. The number of rotatable bonds is 7. The molecule has 0 fully saturated rings. The molecule has 0 saturated heterocycles. The van der Waals surface area contributed by atoms with Gasteiger partial charge in [0, 0.05) is 36.6 Å². The average Bonchev–Trinajstić information content (AvgIpc) is 3.11. The fraction of sp³-hybridized carbons (Fsp3) is 0.273. The van der Waals surface area contributed by atoms with Crippen molar-refractivity contribution < 1.29 is 18.0 Å². The minimum Gasteiger partial charge on any atom is -0.380 e. The smallest absolute Gasteiger partial charge is 0.380 e. The summed E-state index contributed by atoms with van der Waals surface area (Å²) in [5, 5.41) is 3.28. The van der Waals surface area contributed by atoms with E-state index >= 15 is 0 Å². The predicted molar refractivity (Wildman–Crippen MR) is 110 cm³/mol. The van der Waals surface area contributed by atoms with Crippen molar-refractivity contribution in [3.63, 3.8) is 0 Å². The summed E-state index contributed by atoms with van der Waals surface area (Å²) < 4.78 is 40.1. The van der Waals surface area contributed by atoms with E-state index in [0.717, 1.165) is 35.4 Å². The van der Waals surface area contributed by atoms with Crippen LogP contribution in [0.1, 0.15) is 40.4 Å². The van der Waals surface area contributed by atoms with Gasteiger partial charge in [0.2, 0.25) is 5.91 Å². The van der Waals surface area contributed by atoms with Crippen LogP contribution in [0.4, 0.5) is 18.9 Å². The third-order valence-electron chi connectivity index (χ3n) is 4.80. The average molecular weight is 416 g/mol. The van der Waals surface area contributed by atoms with Crippen LogP contribution in [0.15, 0.2) is 48.9 Å². The highest BCUT2D eigenvalue weighted by molar-refractivity contribution is 5.98. The number of alkyl halides is 3. The first-order chi connectivity index (χ1) is 14.2. The number of nitrogens with two attached hydrogens (primary N) is 1. The van der Waals surface area contributed by atoms with Gasteiger partial charge in [-0.3, -0.25) is 4.79 Å². The molecule has 3 rings (SSSR count). The second kappa shape index (κ2) is 8.61. The van der Waals surface area contributed by atoms with Crippen LogP contribution in [-0.4, -0.2) is 15.5 Å². The number of anilines is 1. The number of aryl methyl sites for hydroxylation is 1. The highest BCUT2D eigenvalue weighted by Crippen LogP contribution is 2.34. The molecule has 158 valence electrons. The Hall–Kier alpha value is -3.29. The largest absolute Gasteiger partial charge is 0.416 e. The predicted octanol–water partition coefficient (Wildman–Crippen LogP) is 4.77.